The molecule has 0 unspecified atom stereocenters. The Morgan fingerprint density at radius 2 is 1.45 bits per heavy atom. The second-order valence-corrected chi connectivity index (χ2v) is 9.08. The molecule has 1 nitrogen and oxygen atoms in total. The van der Waals surface area contributed by atoms with Gasteiger partial charge in [0.05, 0.1) is 0 Å². The summed E-state index contributed by atoms with van der Waals surface area (Å²) in [5, 5.41) is 0. The van der Waals surface area contributed by atoms with E-state index in [0.717, 1.165) is 24.8 Å². The van der Waals surface area contributed by atoms with Crippen LogP contribution in [0.25, 0.3) is 0 Å². The van der Waals surface area contributed by atoms with E-state index in [1.165, 1.54) is 38.5 Å². The number of alkyl halides is 2. The molecule has 0 bridgehead atoms. The van der Waals surface area contributed by atoms with Crippen LogP contribution in [0.4, 0.5) is 26.3 Å². The van der Waals surface area contributed by atoms with Gasteiger partial charge < -0.3 is 4.74 Å². The average Bonchev–Trinajstić information content (AvgIpc) is 2.73. The summed E-state index contributed by atoms with van der Waals surface area (Å²) in [5.41, 5.74) is 0. The molecule has 2 saturated carbocycles. The molecule has 1 aromatic carbocycles. The molecule has 0 saturated heterocycles. The van der Waals surface area contributed by atoms with Crippen LogP contribution in [0.15, 0.2) is 24.0 Å². The fraction of sp³-hybridized carbons (Fsp3) is 0.667. The maximum Gasteiger partial charge on any atom is 0.453 e. The molecule has 174 valence electrons. The summed E-state index contributed by atoms with van der Waals surface area (Å²) in [7, 11) is 0. The zero-order valence-corrected chi connectivity index (χ0v) is 17.8. The Bertz CT molecular complexity index is 738. The zero-order chi connectivity index (χ0) is 22.6. The van der Waals surface area contributed by atoms with Gasteiger partial charge in [-0.2, -0.15) is 8.78 Å². The van der Waals surface area contributed by atoms with Crippen molar-refractivity contribution in [3.05, 3.63) is 41.5 Å². The van der Waals surface area contributed by atoms with E-state index in [2.05, 4.69) is 11.7 Å². The first kappa shape index (κ1) is 24.0. The lowest BCUT2D eigenvalue weighted by Gasteiger charge is -2.37. The molecule has 7 heteroatoms. The number of hydrogen-bond acceptors (Lipinski definition) is 1. The third-order valence-corrected chi connectivity index (χ3v) is 6.93. The summed E-state index contributed by atoms with van der Waals surface area (Å²) in [6, 6.07) is 0.528. The Balaban J connectivity index is 1.53. The maximum atomic E-state index is 14.2. The summed E-state index contributed by atoms with van der Waals surface area (Å²) in [4.78, 5) is 0. The number of benzene rings is 1. The Hall–Kier alpha value is -1.66. The molecule has 0 heterocycles. The van der Waals surface area contributed by atoms with Gasteiger partial charge in [0.1, 0.15) is 5.75 Å². The van der Waals surface area contributed by atoms with Crippen LogP contribution in [0, 0.1) is 41.1 Å². The van der Waals surface area contributed by atoms with Gasteiger partial charge in [-0.05, 0) is 68.3 Å². The Morgan fingerprint density at radius 3 is 1.97 bits per heavy atom. The van der Waals surface area contributed by atoms with Crippen LogP contribution in [0.1, 0.15) is 71.1 Å². The third kappa shape index (κ3) is 6.19. The second-order valence-electron chi connectivity index (χ2n) is 9.08. The van der Waals surface area contributed by atoms with Crippen LogP contribution in [0.3, 0.4) is 0 Å². The summed E-state index contributed by atoms with van der Waals surface area (Å²) in [6.45, 7) is 2.21. The second kappa shape index (κ2) is 10.3. The molecular formula is C24H30F6O. The molecule has 1 aromatic rings. The van der Waals surface area contributed by atoms with Crippen LogP contribution in [0.5, 0.6) is 5.75 Å². The van der Waals surface area contributed by atoms with Crippen molar-refractivity contribution in [2.24, 2.45) is 23.7 Å². The summed E-state index contributed by atoms with van der Waals surface area (Å²) in [6.07, 6.45) is 7.00. The highest BCUT2D eigenvalue weighted by Gasteiger charge is 2.40. The van der Waals surface area contributed by atoms with Gasteiger partial charge in [-0.3, -0.25) is 0 Å². The van der Waals surface area contributed by atoms with E-state index in [0.29, 0.717) is 24.7 Å². The topological polar surface area (TPSA) is 9.23 Å². The first-order valence-corrected chi connectivity index (χ1v) is 11.3. The Labute approximate surface area is 179 Å². The van der Waals surface area contributed by atoms with Crippen LogP contribution in [0.2, 0.25) is 0 Å². The smallest absolute Gasteiger partial charge is 0.427 e. The highest BCUT2D eigenvalue weighted by Crippen LogP contribution is 2.43. The molecule has 0 spiro atoms. The largest absolute Gasteiger partial charge is 0.453 e. The quantitative estimate of drug-likeness (QED) is 0.301. The van der Waals surface area contributed by atoms with E-state index >= 15 is 0 Å². The fourth-order valence-corrected chi connectivity index (χ4v) is 5.23. The van der Waals surface area contributed by atoms with Gasteiger partial charge in [-0.15, -0.1) is 0 Å². The van der Waals surface area contributed by atoms with Gasteiger partial charge in [0.25, 0.3) is 0 Å². The predicted molar refractivity (Wildman–Crippen MR) is 107 cm³/mol. The minimum absolute atomic E-state index is 0.264. The summed E-state index contributed by atoms with van der Waals surface area (Å²) >= 11 is 0. The predicted octanol–water partition coefficient (Wildman–Crippen LogP) is 8.34. The standard InChI is InChI=1S/C24H30F6O/c1-2-3-15-4-8-17(9-5-15)18-10-6-16(7-11-18)12-22(27)24(29,30)31-19-13-20(25)23(28)21(26)14-19/h12-18H,2-11H2,1H3. The number of hydrogen-bond donors (Lipinski definition) is 0. The van der Waals surface area contributed by atoms with Gasteiger partial charge in [-0.1, -0.05) is 32.6 Å². The Morgan fingerprint density at radius 1 is 0.935 bits per heavy atom. The molecule has 2 fully saturated rings. The molecule has 0 amide bonds. The molecule has 2 aliphatic rings. The zero-order valence-electron chi connectivity index (χ0n) is 17.8. The molecule has 0 atom stereocenters. The lowest BCUT2D eigenvalue weighted by Crippen LogP contribution is -2.28. The maximum absolute atomic E-state index is 14.2. The average molecular weight is 448 g/mol. The highest BCUT2D eigenvalue weighted by molar-refractivity contribution is 5.26. The van der Waals surface area contributed by atoms with Crippen molar-refractivity contribution in [3.63, 3.8) is 0 Å². The lowest BCUT2D eigenvalue weighted by atomic mass is 9.68. The van der Waals surface area contributed by atoms with E-state index in [1.54, 1.807) is 0 Å². The van der Waals surface area contributed by atoms with E-state index in [9.17, 15) is 26.3 Å². The van der Waals surface area contributed by atoms with Crippen LogP contribution in [-0.4, -0.2) is 6.11 Å². The van der Waals surface area contributed by atoms with Crippen LogP contribution in [-0.2, 0) is 0 Å². The van der Waals surface area contributed by atoms with Gasteiger partial charge in [0.2, 0.25) is 5.83 Å². The van der Waals surface area contributed by atoms with Crippen molar-refractivity contribution in [3.8, 4) is 5.75 Å². The Kier molecular flexibility index (Phi) is 7.98. The summed E-state index contributed by atoms with van der Waals surface area (Å²) < 4.78 is 85.9. The normalized spacial score (nSPS) is 27.9. The highest BCUT2D eigenvalue weighted by atomic mass is 19.3. The SMILES string of the molecule is CCCC1CCC(C2CCC(C=C(F)C(F)(F)Oc3cc(F)c(F)c(F)c3)CC2)CC1. The first-order chi connectivity index (χ1) is 14.7. The molecular weight excluding hydrogens is 418 g/mol. The first-order valence-electron chi connectivity index (χ1n) is 11.3. The molecule has 2 aliphatic carbocycles. The number of allylic oxidation sites excluding steroid dienone is 1. The monoisotopic (exact) mass is 448 g/mol. The third-order valence-electron chi connectivity index (χ3n) is 6.93. The molecule has 0 aliphatic heterocycles. The minimum Gasteiger partial charge on any atom is -0.427 e. The fourth-order valence-electron chi connectivity index (χ4n) is 5.23. The summed E-state index contributed by atoms with van der Waals surface area (Å²) in [5.74, 6) is -6.19. The number of ether oxygens (including phenoxy) is 1. The van der Waals surface area contributed by atoms with E-state index in [4.69, 9.17) is 0 Å². The number of halogens is 6. The van der Waals surface area contributed by atoms with Crippen molar-refractivity contribution in [1.82, 2.24) is 0 Å². The van der Waals surface area contributed by atoms with E-state index in [1.807, 2.05) is 0 Å². The van der Waals surface area contributed by atoms with Crippen LogP contribution < -0.4 is 4.74 Å². The molecule has 0 radical (unpaired) electrons. The van der Waals surface area contributed by atoms with Crippen molar-refractivity contribution in [2.75, 3.05) is 0 Å². The molecule has 3 rings (SSSR count). The van der Waals surface area contributed by atoms with E-state index in [-0.39, 0.29) is 18.1 Å². The lowest BCUT2D eigenvalue weighted by molar-refractivity contribution is -0.157. The molecule has 31 heavy (non-hydrogen) atoms. The number of rotatable bonds is 7. The van der Waals surface area contributed by atoms with E-state index < -0.39 is 35.1 Å². The van der Waals surface area contributed by atoms with Crippen molar-refractivity contribution >= 4 is 0 Å². The molecule has 0 N–H and O–H groups in total. The van der Waals surface area contributed by atoms with Gasteiger partial charge in [-0.25, -0.2) is 17.6 Å². The molecule has 0 aromatic heterocycles. The van der Waals surface area contributed by atoms with Crippen molar-refractivity contribution < 1.29 is 31.1 Å². The van der Waals surface area contributed by atoms with Gasteiger partial charge in [0.15, 0.2) is 17.5 Å². The van der Waals surface area contributed by atoms with Crippen LogP contribution >= 0.6 is 0 Å². The van der Waals surface area contributed by atoms with Gasteiger partial charge >= 0.3 is 6.11 Å². The minimum atomic E-state index is -4.38. The van der Waals surface area contributed by atoms with Crippen molar-refractivity contribution in [1.29, 1.82) is 0 Å². The van der Waals surface area contributed by atoms with Gasteiger partial charge in [0, 0.05) is 12.1 Å². The van der Waals surface area contributed by atoms with Crippen molar-refractivity contribution in [2.45, 2.75) is 77.2 Å².